The zero-order valence-electron chi connectivity index (χ0n) is 21.2. The number of amides is 2. The van der Waals surface area contributed by atoms with Gasteiger partial charge in [0.25, 0.3) is 0 Å². The van der Waals surface area contributed by atoms with E-state index in [2.05, 4.69) is 44.5 Å². The molecule has 0 radical (unpaired) electrons. The van der Waals surface area contributed by atoms with Gasteiger partial charge in [-0.25, -0.2) is 9.78 Å². The summed E-state index contributed by atoms with van der Waals surface area (Å²) in [5.74, 6) is 0. The van der Waals surface area contributed by atoms with Crippen LogP contribution in [-0.2, 0) is 5.54 Å². The summed E-state index contributed by atoms with van der Waals surface area (Å²) < 4.78 is 2.22. The van der Waals surface area contributed by atoms with Crippen molar-refractivity contribution in [2.24, 2.45) is 5.41 Å². The number of carbonyl (C=O) groups is 1. The molecule has 1 aliphatic heterocycles. The standard InChI is InChI=1S/C30H36N4O2/c1-28(2,21-8-4-3-5-9-21)32-27(36)33-30-15-12-29(13-16-30,14-17-30)26(35)18-24-22-10-6-7-11-23(22)25-19-31-20-34(24)25/h3-11,19-20,24,26,35H,12-18H2,1-2H3,(H2,32,33,36). The number of hydrogen-bond donors (Lipinski definition) is 3. The number of fused-ring (bicyclic) bond motifs is 6. The molecular formula is C30H36N4O2. The Morgan fingerprint density at radius 2 is 1.72 bits per heavy atom. The molecule has 3 N–H and O–H groups in total. The van der Waals surface area contributed by atoms with Gasteiger partial charge >= 0.3 is 6.03 Å². The number of benzene rings is 2. The lowest BCUT2D eigenvalue weighted by atomic mass is 9.54. The van der Waals surface area contributed by atoms with Gasteiger partial charge in [0.05, 0.1) is 35.9 Å². The SMILES string of the molecule is CC(C)(NC(=O)NC12CCC(C(O)CC3c4ccccc4-c4cncn43)(CC1)CC2)c1ccccc1. The predicted octanol–water partition coefficient (Wildman–Crippen LogP) is 5.53. The average molecular weight is 485 g/mol. The number of nitrogens with zero attached hydrogens (tertiary/aromatic N) is 2. The summed E-state index contributed by atoms with van der Waals surface area (Å²) in [5.41, 5.74) is 4.05. The van der Waals surface area contributed by atoms with Crippen LogP contribution in [0.25, 0.3) is 11.3 Å². The number of nitrogens with one attached hydrogen (secondary N) is 2. The first kappa shape index (κ1) is 23.3. The monoisotopic (exact) mass is 484 g/mol. The third-order valence-electron chi connectivity index (χ3n) is 9.36. The molecule has 3 aromatic rings. The lowest BCUT2D eigenvalue weighted by Crippen LogP contribution is -2.61. The van der Waals surface area contributed by atoms with E-state index in [0.29, 0.717) is 6.42 Å². The van der Waals surface area contributed by atoms with Crippen LogP contribution in [0.2, 0.25) is 0 Å². The molecule has 2 atom stereocenters. The molecule has 4 aliphatic rings. The second-order valence-electron chi connectivity index (χ2n) is 11.8. The summed E-state index contributed by atoms with van der Waals surface area (Å²) in [5, 5.41) is 18.1. The molecule has 0 saturated heterocycles. The van der Waals surface area contributed by atoms with Crippen molar-refractivity contribution in [3.8, 4) is 11.3 Å². The summed E-state index contributed by atoms with van der Waals surface area (Å²) >= 11 is 0. The van der Waals surface area contributed by atoms with Gasteiger partial charge < -0.3 is 20.3 Å². The molecule has 2 aromatic carbocycles. The maximum Gasteiger partial charge on any atom is 0.315 e. The van der Waals surface area contributed by atoms with Crippen LogP contribution in [0.4, 0.5) is 4.79 Å². The minimum absolute atomic E-state index is 0.0680. The van der Waals surface area contributed by atoms with Crippen molar-refractivity contribution in [2.75, 3.05) is 0 Å². The third-order valence-corrected chi connectivity index (χ3v) is 9.36. The number of carbonyl (C=O) groups excluding carboxylic acids is 1. The molecule has 6 nitrogen and oxygen atoms in total. The Balaban J connectivity index is 1.11. The second kappa shape index (κ2) is 8.48. The summed E-state index contributed by atoms with van der Waals surface area (Å²) in [6.45, 7) is 4.07. The first-order valence-corrected chi connectivity index (χ1v) is 13.3. The second-order valence-corrected chi connectivity index (χ2v) is 11.8. The molecule has 36 heavy (non-hydrogen) atoms. The fourth-order valence-electron chi connectivity index (χ4n) is 7.02. The van der Waals surface area contributed by atoms with Crippen molar-refractivity contribution < 1.29 is 9.90 Å². The van der Waals surface area contributed by atoms with Gasteiger partial charge in [0.2, 0.25) is 0 Å². The smallest absolute Gasteiger partial charge is 0.315 e. The van der Waals surface area contributed by atoms with Crippen LogP contribution in [0, 0.1) is 5.41 Å². The Morgan fingerprint density at radius 3 is 2.44 bits per heavy atom. The molecular weight excluding hydrogens is 448 g/mol. The lowest BCUT2D eigenvalue weighted by Gasteiger charge is -2.55. The molecule has 188 valence electrons. The maximum atomic E-state index is 13.1. The Morgan fingerprint density at radius 1 is 1.06 bits per heavy atom. The van der Waals surface area contributed by atoms with Crippen LogP contribution in [0.3, 0.4) is 0 Å². The topological polar surface area (TPSA) is 79.2 Å². The predicted molar refractivity (Wildman–Crippen MR) is 140 cm³/mol. The normalized spacial score (nSPS) is 27.2. The molecule has 3 fully saturated rings. The highest BCUT2D eigenvalue weighted by Gasteiger charge is 2.53. The quantitative estimate of drug-likeness (QED) is 0.430. The Labute approximate surface area is 213 Å². The molecule has 2 heterocycles. The van der Waals surface area contributed by atoms with E-state index in [4.69, 9.17) is 0 Å². The van der Waals surface area contributed by atoms with Crippen LogP contribution in [-0.4, -0.2) is 32.3 Å². The van der Waals surface area contributed by atoms with Crippen LogP contribution in [0.5, 0.6) is 0 Å². The maximum absolute atomic E-state index is 13.1. The van der Waals surface area contributed by atoms with Crippen molar-refractivity contribution in [3.05, 3.63) is 78.2 Å². The molecule has 7 rings (SSSR count). The van der Waals surface area contributed by atoms with Crippen molar-refractivity contribution in [2.45, 2.75) is 82.0 Å². The summed E-state index contributed by atoms with van der Waals surface area (Å²) in [7, 11) is 0. The van der Waals surface area contributed by atoms with Crippen molar-refractivity contribution in [1.82, 2.24) is 20.2 Å². The first-order valence-electron chi connectivity index (χ1n) is 13.3. The molecule has 1 aromatic heterocycles. The molecule has 2 amide bonds. The molecule has 6 heteroatoms. The number of imidazole rings is 1. The molecule has 3 aliphatic carbocycles. The van der Waals surface area contributed by atoms with E-state index in [9.17, 15) is 9.90 Å². The Hall–Kier alpha value is -3.12. The van der Waals surface area contributed by atoms with Gasteiger partial charge in [-0.3, -0.25) is 0 Å². The molecule has 2 bridgehead atoms. The van der Waals surface area contributed by atoms with Crippen LogP contribution >= 0.6 is 0 Å². The van der Waals surface area contributed by atoms with Gasteiger partial charge in [0, 0.05) is 11.1 Å². The van der Waals surface area contributed by atoms with Gasteiger partial charge in [-0.15, -0.1) is 0 Å². The number of aliphatic hydroxyl groups is 1. The van der Waals surface area contributed by atoms with Gasteiger partial charge in [-0.1, -0.05) is 54.6 Å². The van der Waals surface area contributed by atoms with Crippen molar-refractivity contribution in [3.63, 3.8) is 0 Å². The summed E-state index contributed by atoms with van der Waals surface area (Å²) in [6.07, 6.45) is 9.74. The summed E-state index contributed by atoms with van der Waals surface area (Å²) in [6, 6.07) is 18.6. The van der Waals surface area contributed by atoms with Crippen LogP contribution in [0.1, 0.15) is 76.0 Å². The van der Waals surface area contributed by atoms with Gasteiger partial charge in [-0.2, -0.15) is 0 Å². The van der Waals surface area contributed by atoms with E-state index < -0.39 is 5.54 Å². The molecule has 0 spiro atoms. The van der Waals surface area contributed by atoms with Crippen LogP contribution in [0.15, 0.2) is 67.1 Å². The Bertz CT molecular complexity index is 1240. The fraction of sp³-hybridized carbons (Fsp3) is 0.467. The number of rotatable bonds is 6. The minimum atomic E-state index is -0.449. The number of urea groups is 1. The van der Waals surface area contributed by atoms with Crippen molar-refractivity contribution in [1.29, 1.82) is 0 Å². The highest BCUT2D eigenvalue weighted by Crippen LogP contribution is 2.56. The third kappa shape index (κ3) is 3.83. The minimum Gasteiger partial charge on any atom is -0.392 e. The zero-order valence-corrected chi connectivity index (χ0v) is 21.2. The van der Waals surface area contributed by atoms with E-state index in [1.165, 1.54) is 11.1 Å². The van der Waals surface area contributed by atoms with Gasteiger partial charge in [-0.05, 0) is 75.3 Å². The Kier molecular flexibility index (Phi) is 5.48. The van der Waals surface area contributed by atoms with E-state index >= 15 is 0 Å². The van der Waals surface area contributed by atoms with E-state index in [0.717, 1.165) is 49.8 Å². The molecule has 3 saturated carbocycles. The molecule has 2 unspecified atom stereocenters. The van der Waals surface area contributed by atoms with Crippen LogP contribution < -0.4 is 10.6 Å². The highest BCUT2D eigenvalue weighted by atomic mass is 16.3. The first-order chi connectivity index (χ1) is 17.3. The fourth-order valence-corrected chi connectivity index (χ4v) is 7.02. The van der Waals surface area contributed by atoms with Gasteiger partial charge in [0.15, 0.2) is 0 Å². The van der Waals surface area contributed by atoms with Gasteiger partial charge in [0.1, 0.15) is 0 Å². The largest absolute Gasteiger partial charge is 0.392 e. The number of aliphatic hydroxyl groups excluding tert-OH is 1. The van der Waals surface area contributed by atoms with E-state index in [1.807, 2.05) is 56.7 Å². The zero-order chi connectivity index (χ0) is 25.0. The average Bonchev–Trinajstić information content (AvgIpc) is 3.48. The van der Waals surface area contributed by atoms with Crippen molar-refractivity contribution >= 4 is 6.03 Å². The number of hydrogen-bond acceptors (Lipinski definition) is 3. The number of aromatic nitrogens is 2. The highest BCUT2D eigenvalue weighted by molar-refractivity contribution is 5.76. The summed E-state index contributed by atoms with van der Waals surface area (Å²) in [4.78, 5) is 17.4. The van der Waals surface area contributed by atoms with E-state index in [-0.39, 0.29) is 29.1 Å². The lowest BCUT2D eigenvalue weighted by molar-refractivity contribution is -0.0735. The van der Waals surface area contributed by atoms with E-state index in [1.54, 1.807) is 0 Å².